The van der Waals surface area contributed by atoms with E-state index in [-0.39, 0.29) is 11.6 Å². The number of aromatic hydroxyl groups is 1. The monoisotopic (exact) mass is 471 g/mol. The molecular formula is C16H15AsBrNO6. The summed E-state index contributed by atoms with van der Waals surface area (Å²) in [6.07, 6.45) is 1.69. The molecule has 0 aliphatic rings. The van der Waals surface area contributed by atoms with Crippen LogP contribution in [0.3, 0.4) is 0 Å². The van der Waals surface area contributed by atoms with Crippen LogP contribution in [0, 0.1) is 0 Å². The van der Waals surface area contributed by atoms with E-state index in [9.17, 15) is 13.6 Å². The molecule has 3 aromatic rings. The summed E-state index contributed by atoms with van der Waals surface area (Å²) in [5.41, 5.74) is 1.22. The summed E-state index contributed by atoms with van der Waals surface area (Å²) in [6, 6.07) is 11.4. The molecule has 1 amide bonds. The van der Waals surface area contributed by atoms with E-state index in [0.717, 1.165) is 27.6 Å². The van der Waals surface area contributed by atoms with Crippen LogP contribution >= 0.6 is 15.9 Å². The molecule has 0 aliphatic heterocycles. The van der Waals surface area contributed by atoms with Crippen molar-refractivity contribution in [2.75, 3.05) is 5.32 Å². The van der Waals surface area contributed by atoms with E-state index < -0.39 is 24.3 Å². The summed E-state index contributed by atoms with van der Waals surface area (Å²) in [6.45, 7) is 1.29. The second-order valence-electron chi connectivity index (χ2n) is 5.03. The predicted molar refractivity (Wildman–Crippen MR) is 96.8 cm³/mol. The molecule has 0 saturated heterocycles. The van der Waals surface area contributed by atoms with Crippen molar-refractivity contribution in [3.05, 3.63) is 53.2 Å². The molecule has 0 fully saturated rings. The fourth-order valence-electron chi connectivity index (χ4n) is 1.99. The molecule has 25 heavy (non-hydrogen) atoms. The van der Waals surface area contributed by atoms with Gasteiger partial charge in [0.2, 0.25) is 0 Å². The maximum atomic E-state index is 10.9. The molecule has 0 atom stereocenters. The molecule has 0 spiro atoms. The molecule has 4 N–H and O–H groups in total. The zero-order valence-corrected chi connectivity index (χ0v) is 16.5. The second kappa shape index (κ2) is 7.93. The average molecular weight is 472 g/mol. The van der Waals surface area contributed by atoms with E-state index >= 15 is 0 Å². The number of anilines is 1. The Bertz CT molecular complexity index is 949. The van der Waals surface area contributed by atoms with Gasteiger partial charge in [-0.3, -0.25) is 0 Å². The van der Waals surface area contributed by atoms with E-state index in [1.165, 1.54) is 13.0 Å². The van der Waals surface area contributed by atoms with Crippen LogP contribution < -0.4 is 9.67 Å². The van der Waals surface area contributed by atoms with Crippen molar-refractivity contribution in [3.8, 4) is 5.75 Å². The van der Waals surface area contributed by atoms with Crippen molar-refractivity contribution in [2.45, 2.75) is 6.92 Å². The molecular weight excluding hydrogens is 457 g/mol. The summed E-state index contributed by atoms with van der Waals surface area (Å²) in [7, 11) is 0. The third-order valence-corrected chi connectivity index (χ3v) is 5.63. The first-order valence-corrected chi connectivity index (χ1v) is 11.1. The summed E-state index contributed by atoms with van der Waals surface area (Å²) >= 11 is -1.71. The summed E-state index contributed by atoms with van der Waals surface area (Å²) in [5, 5.41) is 12.8. The number of phenolic OH excluding ortho intramolecular Hbond substituents is 1. The third-order valence-electron chi connectivity index (χ3n) is 3.02. The average Bonchev–Trinajstić information content (AvgIpc) is 2.93. The quantitative estimate of drug-likeness (QED) is 0.425. The molecule has 0 radical (unpaired) electrons. The van der Waals surface area contributed by atoms with E-state index in [1.54, 1.807) is 6.26 Å². The predicted octanol–water partition coefficient (Wildman–Crippen LogP) is 2.11. The number of carbonyl (C=O) groups excluding carboxylic acids is 1. The summed E-state index contributed by atoms with van der Waals surface area (Å²) < 4.78 is 34.5. The van der Waals surface area contributed by atoms with Gasteiger partial charge in [0.05, 0.1) is 6.26 Å². The SMILES string of the molecule is Brc1ccc2occc2c1.CC(=O)Nc1ccc([As](=O)(O)O)c(O)c1. The van der Waals surface area contributed by atoms with Gasteiger partial charge < -0.3 is 4.42 Å². The summed E-state index contributed by atoms with van der Waals surface area (Å²) in [5.74, 6) is -0.850. The van der Waals surface area contributed by atoms with Crippen molar-refractivity contribution >= 4 is 57.0 Å². The Morgan fingerprint density at radius 2 is 1.88 bits per heavy atom. The van der Waals surface area contributed by atoms with Crippen molar-refractivity contribution < 1.29 is 26.2 Å². The van der Waals surface area contributed by atoms with E-state index in [0.29, 0.717) is 0 Å². The minimum absolute atomic E-state index is 0.285. The number of carbonyl (C=O) groups is 1. The Kier molecular flexibility index (Phi) is 6.13. The Morgan fingerprint density at radius 1 is 1.16 bits per heavy atom. The number of hydrogen-bond acceptors (Lipinski definition) is 4. The number of nitrogens with one attached hydrogen (secondary N) is 1. The van der Waals surface area contributed by atoms with Crippen LogP contribution in [0.15, 0.2) is 57.6 Å². The Hall–Kier alpha value is -1.99. The van der Waals surface area contributed by atoms with Crippen LogP contribution in [0.2, 0.25) is 0 Å². The number of hydrogen-bond donors (Lipinski definition) is 4. The van der Waals surface area contributed by atoms with Crippen LogP contribution in [0.25, 0.3) is 11.0 Å². The summed E-state index contributed by atoms with van der Waals surface area (Å²) in [4.78, 5) is 10.7. The van der Waals surface area contributed by atoms with Crippen LogP contribution in [-0.2, 0) is 8.53 Å². The topological polar surface area (TPSA) is 120 Å². The first-order chi connectivity index (χ1) is 11.7. The van der Waals surface area contributed by atoms with Gasteiger partial charge in [0.15, 0.2) is 0 Å². The van der Waals surface area contributed by atoms with Gasteiger partial charge in [-0.15, -0.1) is 0 Å². The molecule has 0 saturated carbocycles. The zero-order chi connectivity index (χ0) is 18.6. The van der Waals surface area contributed by atoms with Gasteiger partial charge in [-0.05, 0) is 24.3 Å². The molecule has 1 aromatic heterocycles. The van der Waals surface area contributed by atoms with Crippen LogP contribution in [0.5, 0.6) is 5.75 Å². The molecule has 0 aliphatic carbocycles. The van der Waals surface area contributed by atoms with Gasteiger partial charge in [0.1, 0.15) is 5.58 Å². The second-order valence-corrected chi connectivity index (χ2v) is 9.24. The Balaban J connectivity index is 0.000000194. The Morgan fingerprint density at radius 3 is 2.48 bits per heavy atom. The molecule has 0 bridgehead atoms. The van der Waals surface area contributed by atoms with Gasteiger partial charge >= 0.3 is 88.1 Å². The molecule has 3 rings (SSSR count). The first-order valence-electron chi connectivity index (χ1n) is 6.96. The molecule has 132 valence electrons. The van der Waals surface area contributed by atoms with Crippen molar-refractivity contribution in [2.24, 2.45) is 0 Å². The number of amides is 1. The molecule has 7 nitrogen and oxygen atoms in total. The van der Waals surface area contributed by atoms with Crippen LogP contribution in [0.1, 0.15) is 6.92 Å². The molecule has 2 aromatic carbocycles. The van der Waals surface area contributed by atoms with Crippen molar-refractivity contribution in [3.63, 3.8) is 0 Å². The zero-order valence-electron chi connectivity index (χ0n) is 13.0. The Labute approximate surface area is 154 Å². The third kappa shape index (κ3) is 5.50. The number of rotatable bonds is 2. The van der Waals surface area contributed by atoms with Crippen LogP contribution in [0.4, 0.5) is 5.69 Å². The fourth-order valence-corrected chi connectivity index (χ4v) is 3.69. The number of phenols is 1. The van der Waals surface area contributed by atoms with Crippen LogP contribution in [-0.4, -0.2) is 33.4 Å². The molecule has 9 heteroatoms. The maximum absolute atomic E-state index is 10.9. The van der Waals surface area contributed by atoms with Gasteiger partial charge in [0.25, 0.3) is 0 Å². The van der Waals surface area contributed by atoms with E-state index in [1.807, 2.05) is 24.3 Å². The van der Waals surface area contributed by atoms with Gasteiger partial charge in [0, 0.05) is 9.86 Å². The van der Waals surface area contributed by atoms with Crippen molar-refractivity contribution in [1.82, 2.24) is 0 Å². The molecule has 0 unspecified atom stereocenters. The number of furan rings is 1. The fraction of sp³-hybridized carbons (Fsp3) is 0.0625. The first kappa shape index (κ1) is 19.3. The minimum atomic E-state index is -5.09. The van der Waals surface area contributed by atoms with E-state index in [2.05, 4.69) is 21.2 Å². The van der Waals surface area contributed by atoms with Crippen molar-refractivity contribution in [1.29, 1.82) is 0 Å². The number of fused-ring (bicyclic) bond motifs is 1. The molecule has 1 heterocycles. The number of benzene rings is 2. The number of halogens is 1. The van der Waals surface area contributed by atoms with Gasteiger partial charge in [-0.25, -0.2) is 0 Å². The normalized spacial score (nSPS) is 10.9. The van der Waals surface area contributed by atoms with E-state index in [4.69, 9.17) is 12.6 Å². The standard InChI is InChI=1S/C8H10AsNO5.C8H5BrO/c1-5(11)10-6-2-3-7(8(12)4-6)9(13,14)15;9-7-1-2-8-6(5-7)3-4-10-8/h2-4,12H,1H3,(H,10,11)(H2,13,14,15);1-5H. The van der Waals surface area contributed by atoms with Gasteiger partial charge in [-0.1, -0.05) is 15.9 Å². The van der Waals surface area contributed by atoms with Gasteiger partial charge in [-0.2, -0.15) is 0 Å².